The van der Waals surface area contributed by atoms with Crippen molar-refractivity contribution in [3.8, 4) is 0 Å². The Morgan fingerprint density at radius 2 is 1.52 bits per heavy atom. The summed E-state index contributed by atoms with van der Waals surface area (Å²) in [5.41, 5.74) is 8.96. The molecule has 2 amide bonds. The normalized spacial score (nSPS) is 21.1. The van der Waals surface area contributed by atoms with E-state index in [2.05, 4.69) is 20.6 Å². The Balaban J connectivity index is 1.74. The molecule has 1 saturated heterocycles. The van der Waals surface area contributed by atoms with Gasteiger partial charge in [0.25, 0.3) is 5.91 Å². The summed E-state index contributed by atoms with van der Waals surface area (Å²) in [6.45, 7) is 9.68. The van der Waals surface area contributed by atoms with Gasteiger partial charge in [-0.2, -0.15) is 0 Å². The first kappa shape index (κ1) is 32.4. The lowest BCUT2D eigenvalue weighted by molar-refractivity contribution is -0.138. The summed E-state index contributed by atoms with van der Waals surface area (Å²) in [5, 5.41) is 34.1. The first-order chi connectivity index (χ1) is 20.9. The van der Waals surface area contributed by atoms with E-state index >= 15 is 0 Å². The number of amides is 2. The summed E-state index contributed by atoms with van der Waals surface area (Å²) in [5.74, 6) is -2.17. The summed E-state index contributed by atoms with van der Waals surface area (Å²) < 4.78 is 0. The summed E-state index contributed by atoms with van der Waals surface area (Å²) in [4.78, 5) is 54.9. The van der Waals surface area contributed by atoms with Gasteiger partial charge in [-0.1, -0.05) is 13.8 Å². The highest BCUT2D eigenvalue weighted by molar-refractivity contribution is 6.00. The molecule has 0 bridgehead atoms. The largest absolute Gasteiger partial charge is 0.516 e. The molecule has 2 aliphatic heterocycles. The molecule has 236 valence electrons. The second-order valence-electron chi connectivity index (χ2n) is 11.8. The highest BCUT2D eigenvalue weighted by Crippen LogP contribution is 2.33. The van der Waals surface area contributed by atoms with Crippen molar-refractivity contribution in [2.45, 2.75) is 85.6 Å². The molecule has 11 nitrogen and oxygen atoms in total. The average molecular weight is 607 g/mol. The van der Waals surface area contributed by atoms with Crippen LogP contribution in [0.15, 0.2) is 29.2 Å². The SMILES string of the molecule is CC[C@H]1/C(=C\c2[nH]c(Cc3[nH]c(C[C@H]4NC(=O)C(/C=C/O)=C4C)c(C)c3CCC(=O)O)c(CCC(=O)O)c2C)NC(=O)[C@@H]1C. The fraction of sp³-hybridized carbons (Fsp3) is 0.455. The summed E-state index contributed by atoms with van der Waals surface area (Å²) in [7, 11) is 0. The lowest BCUT2D eigenvalue weighted by Crippen LogP contribution is -2.30. The maximum absolute atomic E-state index is 12.5. The fourth-order valence-corrected chi connectivity index (χ4v) is 6.52. The van der Waals surface area contributed by atoms with Gasteiger partial charge in [-0.25, -0.2) is 0 Å². The second kappa shape index (κ2) is 13.4. The lowest BCUT2D eigenvalue weighted by Gasteiger charge is -2.12. The molecular weight excluding hydrogens is 564 g/mol. The van der Waals surface area contributed by atoms with Gasteiger partial charge in [-0.3, -0.25) is 19.2 Å². The van der Waals surface area contributed by atoms with Crippen molar-refractivity contribution in [2.75, 3.05) is 0 Å². The standard InChI is InChI=1S/C33H42N4O7/c1-6-20-19(5)32(43)37-27(20)14-25-17(3)22(8-10-31(41)42)29(35-25)15-28-21(7-9-30(39)40)16(2)24(34-28)13-26-18(4)23(11-12-38)33(44)36-26/h11-12,14,19-20,26,34-35,38H,6-10,13,15H2,1-5H3,(H,36,44)(H,37,43)(H,39,40)(H,41,42)/b12-11+,27-14+/t19-,20-,26-/m1/s1. The Hall–Kier alpha value is -4.54. The van der Waals surface area contributed by atoms with Crippen molar-refractivity contribution in [3.63, 3.8) is 0 Å². The summed E-state index contributed by atoms with van der Waals surface area (Å²) >= 11 is 0. The van der Waals surface area contributed by atoms with Gasteiger partial charge in [-0.15, -0.1) is 0 Å². The Morgan fingerprint density at radius 3 is 2.11 bits per heavy atom. The molecular formula is C33H42N4O7. The van der Waals surface area contributed by atoms with E-state index in [0.29, 0.717) is 31.3 Å². The van der Waals surface area contributed by atoms with E-state index in [1.807, 2.05) is 40.7 Å². The van der Waals surface area contributed by atoms with Crippen LogP contribution in [0.2, 0.25) is 0 Å². The molecule has 1 fully saturated rings. The van der Waals surface area contributed by atoms with E-state index in [9.17, 15) is 34.5 Å². The lowest BCUT2D eigenvalue weighted by atomic mass is 9.92. The smallest absolute Gasteiger partial charge is 0.303 e. The number of H-pyrrole nitrogens is 2. The molecule has 0 spiro atoms. The molecule has 11 heteroatoms. The maximum atomic E-state index is 12.5. The van der Waals surface area contributed by atoms with E-state index in [4.69, 9.17) is 0 Å². The van der Waals surface area contributed by atoms with Crippen LogP contribution >= 0.6 is 0 Å². The minimum Gasteiger partial charge on any atom is -0.516 e. The number of aromatic amines is 2. The first-order valence-corrected chi connectivity index (χ1v) is 15.0. The molecule has 44 heavy (non-hydrogen) atoms. The Labute approximate surface area is 256 Å². The molecule has 0 radical (unpaired) electrons. The molecule has 2 aromatic heterocycles. The van der Waals surface area contributed by atoms with Gasteiger partial charge < -0.3 is 35.9 Å². The highest BCUT2D eigenvalue weighted by atomic mass is 16.4. The van der Waals surface area contributed by atoms with Gasteiger partial charge in [0, 0.05) is 71.6 Å². The number of carbonyl (C=O) groups excluding carboxylic acids is 2. The van der Waals surface area contributed by atoms with E-state index in [1.165, 1.54) is 6.08 Å². The van der Waals surface area contributed by atoms with Crippen LogP contribution < -0.4 is 10.6 Å². The van der Waals surface area contributed by atoms with Crippen LogP contribution in [0.1, 0.15) is 85.1 Å². The maximum Gasteiger partial charge on any atom is 0.303 e. The minimum atomic E-state index is -0.912. The quantitative estimate of drug-likeness (QED) is 0.167. The van der Waals surface area contributed by atoms with Crippen LogP contribution in [0, 0.1) is 25.7 Å². The number of aliphatic hydroxyl groups excluding tert-OH is 1. The van der Waals surface area contributed by atoms with Crippen LogP contribution in [-0.4, -0.2) is 55.1 Å². The van der Waals surface area contributed by atoms with Crippen molar-refractivity contribution in [1.29, 1.82) is 0 Å². The molecule has 0 unspecified atom stereocenters. The minimum absolute atomic E-state index is 0.0147. The highest BCUT2D eigenvalue weighted by Gasteiger charge is 2.34. The zero-order chi connectivity index (χ0) is 32.3. The van der Waals surface area contributed by atoms with Crippen LogP contribution in [0.5, 0.6) is 0 Å². The third-order valence-electron chi connectivity index (χ3n) is 9.18. The van der Waals surface area contributed by atoms with Crippen molar-refractivity contribution < 1.29 is 34.5 Å². The zero-order valence-electron chi connectivity index (χ0n) is 25.9. The predicted octanol–water partition coefficient (Wildman–Crippen LogP) is 4.15. The van der Waals surface area contributed by atoms with Gasteiger partial charge in [0.2, 0.25) is 5.91 Å². The van der Waals surface area contributed by atoms with Crippen molar-refractivity contribution in [2.24, 2.45) is 11.8 Å². The Kier molecular flexibility index (Phi) is 9.86. The fourth-order valence-electron chi connectivity index (χ4n) is 6.52. The number of carboxylic acids is 2. The van der Waals surface area contributed by atoms with Gasteiger partial charge in [0.1, 0.15) is 0 Å². The number of aliphatic hydroxyl groups is 1. The predicted molar refractivity (Wildman–Crippen MR) is 165 cm³/mol. The second-order valence-corrected chi connectivity index (χ2v) is 11.8. The van der Waals surface area contributed by atoms with Crippen LogP contribution in [0.3, 0.4) is 0 Å². The van der Waals surface area contributed by atoms with E-state index < -0.39 is 11.9 Å². The Morgan fingerprint density at radius 1 is 0.909 bits per heavy atom. The molecule has 2 aromatic rings. The number of hydrogen-bond acceptors (Lipinski definition) is 5. The molecule has 3 atom stereocenters. The summed E-state index contributed by atoms with van der Waals surface area (Å²) in [6.07, 6.45) is 6.32. The number of carboxylic acid groups (broad SMARTS) is 2. The van der Waals surface area contributed by atoms with Crippen LogP contribution in [0.4, 0.5) is 0 Å². The number of aliphatic carboxylic acids is 2. The average Bonchev–Trinajstić information content (AvgIpc) is 3.60. The first-order valence-electron chi connectivity index (χ1n) is 15.0. The zero-order valence-corrected chi connectivity index (χ0v) is 25.9. The van der Waals surface area contributed by atoms with Crippen LogP contribution in [-0.2, 0) is 44.9 Å². The van der Waals surface area contributed by atoms with Gasteiger partial charge in [0.05, 0.1) is 12.3 Å². The third-order valence-corrected chi connectivity index (χ3v) is 9.18. The molecule has 2 aliphatic rings. The topological polar surface area (TPSA) is 185 Å². The monoisotopic (exact) mass is 606 g/mol. The molecule has 4 heterocycles. The van der Waals surface area contributed by atoms with Crippen LogP contribution in [0.25, 0.3) is 6.08 Å². The van der Waals surface area contributed by atoms with Gasteiger partial charge in [0.15, 0.2) is 0 Å². The molecule has 0 aromatic carbocycles. The number of carbonyl (C=O) groups is 4. The third kappa shape index (κ3) is 6.66. The van der Waals surface area contributed by atoms with E-state index in [0.717, 1.165) is 69.0 Å². The number of hydrogen-bond donors (Lipinski definition) is 7. The summed E-state index contributed by atoms with van der Waals surface area (Å²) in [6, 6.07) is -0.293. The molecule has 4 rings (SSSR count). The van der Waals surface area contributed by atoms with Gasteiger partial charge in [-0.05, 0) is 80.0 Å². The van der Waals surface area contributed by atoms with Crippen molar-refractivity contribution in [3.05, 3.63) is 74.2 Å². The van der Waals surface area contributed by atoms with E-state index in [-0.39, 0.29) is 42.5 Å². The molecule has 0 saturated carbocycles. The Bertz CT molecular complexity index is 1570. The van der Waals surface area contributed by atoms with E-state index in [1.54, 1.807) is 0 Å². The molecule has 0 aliphatic carbocycles. The molecule has 7 N–H and O–H groups in total. The number of nitrogens with one attached hydrogen (secondary N) is 4. The van der Waals surface area contributed by atoms with Crippen molar-refractivity contribution in [1.82, 2.24) is 20.6 Å². The number of rotatable bonds is 13. The number of allylic oxidation sites excluding steroid dienone is 1. The van der Waals surface area contributed by atoms with Gasteiger partial charge >= 0.3 is 11.9 Å². The van der Waals surface area contributed by atoms with Crippen molar-refractivity contribution >= 4 is 29.8 Å². The number of aromatic nitrogens is 2.